The molecule has 16 heavy (non-hydrogen) atoms. The zero-order chi connectivity index (χ0) is 11.7. The van der Waals surface area contributed by atoms with Crippen LogP contribution in [0.2, 0.25) is 0 Å². The van der Waals surface area contributed by atoms with Crippen molar-refractivity contribution in [2.75, 3.05) is 0 Å². The number of hydrogen-bond donors (Lipinski definition) is 1. The summed E-state index contributed by atoms with van der Waals surface area (Å²) in [6.07, 6.45) is 0. The van der Waals surface area contributed by atoms with Crippen LogP contribution in [0.1, 0.15) is 17.0 Å². The molecular weight excluding hydrogens is 270 g/mol. The van der Waals surface area contributed by atoms with Crippen LogP contribution < -0.4 is 5.73 Å². The smallest absolute Gasteiger partial charge is 0.189 e. The highest BCUT2D eigenvalue weighted by molar-refractivity contribution is 9.10. The number of nitrogens with two attached hydrogens (primary N) is 1. The van der Waals surface area contributed by atoms with E-state index in [1.165, 1.54) is 0 Å². The van der Waals surface area contributed by atoms with E-state index in [9.17, 15) is 0 Å². The summed E-state index contributed by atoms with van der Waals surface area (Å²) in [5.74, 6) is 0.663. The van der Waals surface area contributed by atoms with Gasteiger partial charge >= 0.3 is 0 Å². The Morgan fingerprint density at radius 1 is 1.31 bits per heavy atom. The first-order valence-corrected chi connectivity index (χ1v) is 5.71. The van der Waals surface area contributed by atoms with Crippen molar-refractivity contribution in [3.8, 4) is 11.5 Å². The van der Waals surface area contributed by atoms with E-state index in [2.05, 4.69) is 26.1 Å². The molecule has 2 heterocycles. The molecule has 0 spiro atoms. The fourth-order valence-corrected chi connectivity index (χ4v) is 1.72. The third kappa shape index (κ3) is 1.88. The van der Waals surface area contributed by atoms with Crippen LogP contribution in [-0.4, -0.2) is 10.1 Å². The minimum atomic E-state index is 0.404. The van der Waals surface area contributed by atoms with E-state index in [1.807, 2.05) is 26.0 Å². The first kappa shape index (κ1) is 11.3. The maximum absolute atomic E-state index is 5.66. The molecule has 2 aromatic rings. The molecule has 2 N–H and O–H groups in total. The highest BCUT2D eigenvalue weighted by Gasteiger charge is 2.15. The van der Waals surface area contributed by atoms with Crippen molar-refractivity contribution in [2.45, 2.75) is 20.4 Å². The minimum absolute atomic E-state index is 0.404. The molecule has 0 bridgehead atoms. The van der Waals surface area contributed by atoms with Gasteiger partial charge in [-0.3, -0.25) is 0 Å². The Balaban J connectivity index is 2.54. The molecular formula is C11H12BrN3O. The standard InChI is InChI=1S/C11H12BrN3O/c1-6-8(5-13)11(16-15-6)10-4-3-9(12)7(2)14-10/h3-4H,5,13H2,1-2H3. The van der Waals surface area contributed by atoms with Gasteiger partial charge in [-0.1, -0.05) is 5.16 Å². The topological polar surface area (TPSA) is 64.9 Å². The first-order valence-electron chi connectivity index (χ1n) is 4.92. The average molecular weight is 282 g/mol. The number of aryl methyl sites for hydroxylation is 2. The van der Waals surface area contributed by atoms with Crippen LogP contribution in [-0.2, 0) is 6.54 Å². The van der Waals surface area contributed by atoms with Crippen molar-refractivity contribution in [2.24, 2.45) is 5.73 Å². The summed E-state index contributed by atoms with van der Waals surface area (Å²) in [5, 5.41) is 3.91. The van der Waals surface area contributed by atoms with E-state index in [0.29, 0.717) is 12.3 Å². The van der Waals surface area contributed by atoms with Gasteiger partial charge in [0.1, 0.15) is 5.69 Å². The number of halogens is 1. The highest BCUT2D eigenvalue weighted by Crippen LogP contribution is 2.26. The molecule has 84 valence electrons. The van der Waals surface area contributed by atoms with Gasteiger partial charge in [0, 0.05) is 16.6 Å². The predicted octanol–water partition coefficient (Wildman–Crippen LogP) is 2.57. The molecule has 5 heteroatoms. The average Bonchev–Trinajstić information content (AvgIpc) is 2.63. The first-order chi connectivity index (χ1) is 7.63. The molecule has 0 saturated carbocycles. The monoisotopic (exact) mass is 281 g/mol. The molecule has 0 radical (unpaired) electrons. The number of pyridine rings is 1. The summed E-state index contributed by atoms with van der Waals surface area (Å²) in [6.45, 7) is 4.21. The Kier molecular flexibility index (Phi) is 3.07. The zero-order valence-corrected chi connectivity index (χ0v) is 10.7. The second-order valence-electron chi connectivity index (χ2n) is 3.54. The second kappa shape index (κ2) is 4.35. The van der Waals surface area contributed by atoms with Crippen molar-refractivity contribution in [3.63, 3.8) is 0 Å². The van der Waals surface area contributed by atoms with Gasteiger partial charge in [-0.15, -0.1) is 0 Å². The van der Waals surface area contributed by atoms with Gasteiger partial charge < -0.3 is 10.3 Å². The van der Waals surface area contributed by atoms with E-state index in [0.717, 1.165) is 27.1 Å². The lowest BCUT2D eigenvalue weighted by Gasteiger charge is -2.01. The van der Waals surface area contributed by atoms with Crippen molar-refractivity contribution in [1.29, 1.82) is 0 Å². The summed E-state index contributed by atoms with van der Waals surface area (Å²) in [5.41, 5.74) is 9.07. The summed E-state index contributed by atoms with van der Waals surface area (Å²) < 4.78 is 6.23. The third-order valence-electron chi connectivity index (χ3n) is 2.44. The molecule has 0 aliphatic carbocycles. The maximum Gasteiger partial charge on any atom is 0.189 e. The van der Waals surface area contributed by atoms with Crippen molar-refractivity contribution in [1.82, 2.24) is 10.1 Å². The van der Waals surface area contributed by atoms with E-state index in [1.54, 1.807) is 0 Å². The minimum Gasteiger partial charge on any atom is -0.354 e. The largest absolute Gasteiger partial charge is 0.354 e. The van der Waals surface area contributed by atoms with E-state index < -0.39 is 0 Å². The van der Waals surface area contributed by atoms with Crippen LogP contribution in [0.15, 0.2) is 21.1 Å². The molecule has 0 unspecified atom stereocenters. The van der Waals surface area contributed by atoms with E-state index in [-0.39, 0.29) is 0 Å². The zero-order valence-electron chi connectivity index (χ0n) is 9.12. The van der Waals surface area contributed by atoms with Crippen LogP contribution in [0.4, 0.5) is 0 Å². The molecule has 0 aromatic carbocycles. The maximum atomic E-state index is 5.66. The Labute approximate surface area is 102 Å². The SMILES string of the molecule is Cc1nc(-c2onc(C)c2CN)ccc1Br. The van der Waals surface area contributed by atoms with Crippen molar-refractivity contribution in [3.05, 3.63) is 33.6 Å². The van der Waals surface area contributed by atoms with Crippen LogP contribution in [0.5, 0.6) is 0 Å². The van der Waals surface area contributed by atoms with Crippen LogP contribution >= 0.6 is 15.9 Å². The highest BCUT2D eigenvalue weighted by atomic mass is 79.9. The third-order valence-corrected chi connectivity index (χ3v) is 3.28. The quantitative estimate of drug-likeness (QED) is 0.919. The van der Waals surface area contributed by atoms with Crippen LogP contribution in [0, 0.1) is 13.8 Å². The van der Waals surface area contributed by atoms with Gasteiger partial charge in [0.15, 0.2) is 5.76 Å². The molecule has 2 aromatic heterocycles. The molecule has 4 nitrogen and oxygen atoms in total. The summed E-state index contributed by atoms with van der Waals surface area (Å²) in [7, 11) is 0. The Bertz CT molecular complexity index is 522. The molecule has 0 atom stereocenters. The molecule has 0 aliphatic rings. The number of nitrogens with zero attached hydrogens (tertiary/aromatic N) is 2. The lowest BCUT2D eigenvalue weighted by atomic mass is 10.1. The molecule has 0 amide bonds. The normalized spacial score (nSPS) is 10.8. The second-order valence-corrected chi connectivity index (χ2v) is 4.40. The van der Waals surface area contributed by atoms with Gasteiger partial charge in [-0.05, 0) is 41.9 Å². The summed E-state index contributed by atoms with van der Waals surface area (Å²) in [4.78, 5) is 4.43. The predicted molar refractivity (Wildman–Crippen MR) is 64.8 cm³/mol. The lowest BCUT2D eigenvalue weighted by Crippen LogP contribution is -1.99. The molecule has 2 rings (SSSR count). The fourth-order valence-electron chi connectivity index (χ4n) is 1.50. The fraction of sp³-hybridized carbons (Fsp3) is 0.273. The van der Waals surface area contributed by atoms with Gasteiger partial charge in [-0.2, -0.15) is 0 Å². The van der Waals surface area contributed by atoms with Crippen LogP contribution in [0.3, 0.4) is 0 Å². The van der Waals surface area contributed by atoms with Crippen LogP contribution in [0.25, 0.3) is 11.5 Å². The number of rotatable bonds is 2. The summed E-state index contributed by atoms with van der Waals surface area (Å²) >= 11 is 3.41. The molecule has 0 fully saturated rings. The Hall–Kier alpha value is -1.20. The lowest BCUT2D eigenvalue weighted by molar-refractivity contribution is 0.425. The summed E-state index contributed by atoms with van der Waals surface area (Å²) in [6, 6.07) is 3.83. The van der Waals surface area contributed by atoms with Gasteiger partial charge in [0.2, 0.25) is 0 Å². The molecule has 0 saturated heterocycles. The van der Waals surface area contributed by atoms with Gasteiger partial charge in [-0.25, -0.2) is 4.98 Å². The van der Waals surface area contributed by atoms with Gasteiger partial charge in [0.25, 0.3) is 0 Å². The van der Waals surface area contributed by atoms with Crippen molar-refractivity contribution >= 4 is 15.9 Å². The number of aromatic nitrogens is 2. The van der Waals surface area contributed by atoms with Crippen molar-refractivity contribution < 1.29 is 4.52 Å². The van der Waals surface area contributed by atoms with E-state index in [4.69, 9.17) is 10.3 Å². The number of hydrogen-bond acceptors (Lipinski definition) is 4. The van der Waals surface area contributed by atoms with E-state index >= 15 is 0 Å². The van der Waals surface area contributed by atoms with Gasteiger partial charge in [0.05, 0.1) is 11.4 Å². The Morgan fingerprint density at radius 2 is 2.06 bits per heavy atom. The Morgan fingerprint density at radius 3 is 2.69 bits per heavy atom. The molecule has 0 aliphatic heterocycles.